The standard InChI is InChI=1S/C60H39N3O/c1-2-18-43(19-3-1)63-57-30-11-8-24-53(57)60-58(63)54-27-14-26-50(59(54)64-60)42-17-12-20-47(39-42)61(44-33-31-41(32-34-44)49-25-13-16-40-15-4-5-21-48(40)49)45-35-37-46(38-36-45)62-55-28-9-6-22-51(55)52-23-7-10-29-56(52)62/h1-39H. The number of rotatable bonds is 7. The number of fused-ring (bicyclic) bond motifs is 9. The second-order valence-electron chi connectivity index (χ2n) is 16.5. The van der Waals surface area contributed by atoms with Crippen LogP contribution in [0.2, 0.25) is 0 Å². The van der Waals surface area contributed by atoms with Gasteiger partial charge in [0, 0.05) is 55.5 Å². The fraction of sp³-hybridized carbons (Fsp3) is 0. The van der Waals surface area contributed by atoms with Crippen LogP contribution in [-0.4, -0.2) is 9.13 Å². The first-order valence-corrected chi connectivity index (χ1v) is 21.8. The molecule has 3 heterocycles. The molecule has 0 aliphatic heterocycles. The van der Waals surface area contributed by atoms with Crippen molar-refractivity contribution in [1.29, 1.82) is 0 Å². The summed E-state index contributed by atoms with van der Waals surface area (Å²) in [6.45, 7) is 0. The molecule has 0 saturated heterocycles. The van der Waals surface area contributed by atoms with Crippen molar-refractivity contribution in [3.05, 3.63) is 237 Å². The molecule has 10 aromatic carbocycles. The zero-order chi connectivity index (χ0) is 42.1. The first-order valence-electron chi connectivity index (χ1n) is 21.8. The zero-order valence-electron chi connectivity index (χ0n) is 34.8. The van der Waals surface area contributed by atoms with Gasteiger partial charge < -0.3 is 18.5 Å². The molecule has 64 heavy (non-hydrogen) atoms. The van der Waals surface area contributed by atoms with E-state index >= 15 is 0 Å². The lowest BCUT2D eigenvalue weighted by atomic mass is 9.98. The van der Waals surface area contributed by atoms with E-state index in [2.05, 4.69) is 251 Å². The molecule has 0 saturated carbocycles. The molecule has 0 fully saturated rings. The lowest BCUT2D eigenvalue weighted by molar-refractivity contribution is 0.674. The van der Waals surface area contributed by atoms with Gasteiger partial charge >= 0.3 is 0 Å². The van der Waals surface area contributed by atoms with Gasteiger partial charge in [-0.1, -0.05) is 146 Å². The third kappa shape index (κ3) is 5.63. The van der Waals surface area contributed by atoms with E-state index < -0.39 is 0 Å². The molecule has 0 aliphatic carbocycles. The first-order chi connectivity index (χ1) is 31.8. The van der Waals surface area contributed by atoms with Crippen LogP contribution in [0.1, 0.15) is 0 Å². The van der Waals surface area contributed by atoms with E-state index in [0.717, 1.165) is 72.5 Å². The van der Waals surface area contributed by atoms with Crippen molar-refractivity contribution in [3.63, 3.8) is 0 Å². The van der Waals surface area contributed by atoms with Crippen molar-refractivity contribution < 1.29 is 4.42 Å². The summed E-state index contributed by atoms with van der Waals surface area (Å²) in [5.41, 5.74) is 16.3. The van der Waals surface area contributed by atoms with Crippen molar-refractivity contribution in [1.82, 2.24) is 9.13 Å². The maximum absolute atomic E-state index is 6.98. The average Bonchev–Trinajstić information content (AvgIpc) is 4.02. The van der Waals surface area contributed by atoms with Gasteiger partial charge in [-0.2, -0.15) is 0 Å². The summed E-state index contributed by atoms with van der Waals surface area (Å²) in [7, 11) is 0. The predicted octanol–water partition coefficient (Wildman–Crippen LogP) is 16.6. The molecule has 0 bridgehead atoms. The summed E-state index contributed by atoms with van der Waals surface area (Å²) in [5.74, 6) is 0. The molecule has 0 amide bonds. The number of aromatic nitrogens is 2. The third-order valence-electron chi connectivity index (χ3n) is 12.9. The molecule has 4 nitrogen and oxygen atoms in total. The van der Waals surface area contributed by atoms with Gasteiger partial charge in [0.25, 0.3) is 0 Å². The van der Waals surface area contributed by atoms with Crippen LogP contribution in [0.5, 0.6) is 0 Å². The molecule has 0 N–H and O–H groups in total. The van der Waals surface area contributed by atoms with Gasteiger partial charge in [-0.3, -0.25) is 0 Å². The Hall–Kier alpha value is -8.60. The lowest BCUT2D eigenvalue weighted by Crippen LogP contribution is -2.10. The number of nitrogens with zero attached hydrogens (tertiary/aromatic N) is 3. The number of para-hydroxylation sites is 5. The molecule has 0 atom stereocenters. The van der Waals surface area contributed by atoms with Crippen molar-refractivity contribution >= 4 is 82.6 Å². The maximum atomic E-state index is 6.98. The van der Waals surface area contributed by atoms with E-state index in [1.54, 1.807) is 0 Å². The van der Waals surface area contributed by atoms with Crippen molar-refractivity contribution in [2.75, 3.05) is 4.90 Å². The van der Waals surface area contributed by atoms with Gasteiger partial charge in [0.15, 0.2) is 5.58 Å². The molecule has 0 radical (unpaired) electrons. The summed E-state index contributed by atoms with van der Waals surface area (Å²) >= 11 is 0. The summed E-state index contributed by atoms with van der Waals surface area (Å²) in [5, 5.41) is 7.16. The molecule has 0 aliphatic rings. The Morgan fingerprint density at radius 1 is 0.312 bits per heavy atom. The van der Waals surface area contributed by atoms with Crippen molar-refractivity contribution in [2.24, 2.45) is 0 Å². The number of hydrogen-bond acceptors (Lipinski definition) is 2. The van der Waals surface area contributed by atoms with Crippen LogP contribution in [0.15, 0.2) is 241 Å². The minimum atomic E-state index is 0.876. The van der Waals surface area contributed by atoms with E-state index in [4.69, 9.17) is 4.42 Å². The van der Waals surface area contributed by atoms with Crippen molar-refractivity contribution in [2.45, 2.75) is 0 Å². The highest BCUT2D eigenvalue weighted by atomic mass is 16.3. The summed E-state index contributed by atoms with van der Waals surface area (Å²) in [6.07, 6.45) is 0. The Balaban J connectivity index is 0.965. The molecule has 3 aromatic heterocycles. The monoisotopic (exact) mass is 817 g/mol. The fourth-order valence-corrected chi connectivity index (χ4v) is 10.0. The van der Waals surface area contributed by atoms with E-state index in [9.17, 15) is 0 Å². The van der Waals surface area contributed by atoms with Crippen LogP contribution in [0, 0.1) is 0 Å². The Bertz CT molecular complexity index is 3830. The molecular formula is C60H39N3O. The molecule has 0 spiro atoms. The van der Waals surface area contributed by atoms with Gasteiger partial charge in [-0.05, 0) is 118 Å². The zero-order valence-corrected chi connectivity index (χ0v) is 34.8. The molecular weight excluding hydrogens is 779 g/mol. The Morgan fingerprint density at radius 2 is 0.844 bits per heavy atom. The number of hydrogen-bond donors (Lipinski definition) is 0. The lowest BCUT2D eigenvalue weighted by Gasteiger charge is -2.26. The van der Waals surface area contributed by atoms with E-state index in [1.165, 1.54) is 43.7 Å². The van der Waals surface area contributed by atoms with Crippen LogP contribution >= 0.6 is 0 Å². The summed E-state index contributed by atoms with van der Waals surface area (Å²) in [4.78, 5) is 2.36. The Kier molecular flexibility index (Phi) is 8.18. The summed E-state index contributed by atoms with van der Waals surface area (Å²) < 4.78 is 11.7. The molecule has 4 heteroatoms. The van der Waals surface area contributed by atoms with Crippen LogP contribution in [0.4, 0.5) is 17.1 Å². The maximum Gasteiger partial charge on any atom is 0.161 e. The van der Waals surface area contributed by atoms with Gasteiger partial charge in [-0.25, -0.2) is 0 Å². The fourth-order valence-electron chi connectivity index (χ4n) is 10.0. The minimum absolute atomic E-state index is 0.876. The van der Waals surface area contributed by atoms with Crippen LogP contribution < -0.4 is 4.90 Å². The first kappa shape index (κ1) is 36.1. The smallest absolute Gasteiger partial charge is 0.161 e. The molecule has 13 rings (SSSR count). The molecule has 0 unspecified atom stereocenters. The Morgan fingerprint density at radius 3 is 1.58 bits per heavy atom. The van der Waals surface area contributed by atoms with Crippen LogP contribution in [-0.2, 0) is 0 Å². The van der Waals surface area contributed by atoms with E-state index in [0.29, 0.717) is 0 Å². The van der Waals surface area contributed by atoms with E-state index in [1.807, 2.05) is 0 Å². The second-order valence-corrected chi connectivity index (χ2v) is 16.5. The SMILES string of the molecule is c1ccc(-n2c3ccccc3c3oc4c(-c5cccc(N(c6ccc(-c7cccc8ccccc78)cc6)c6ccc(-n7c8ccccc8c8ccccc87)cc6)c5)cccc4c32)cc1. The van der Waals surface area contributed by atoms with Gasteiger partial charge in [0.1, 0.15) is 11.1 Å². The van der Waals surface area contributed by atoms with Gasteiger partial charge in [0.05, 0.1) is 16.6 Å². The predicted molar refractivity (Wildman–Crippen MR) is 268 cm³/mol. The average molecular weight is 818 g/mol. The van der Waals surface area contributed by atoms with Crippen LogP contribution in [0.3, 0.4) is 0 Å². The normalized spacial score (nSPS) is 11.8. The van der Waals surface area contributed by atoms with Crippen LogP contribution in [0.25, 0.3) is 99.2 Å². The molecule has 13 aromatic rings. The number of benzene rings is 10. The Labute approximate surface area is 369 Å². The quantitative estimate of drug-likeness (QED) is 0.160. The van der Waals surface area contributed by atoms with Gasteiger partial charge in [0.2, 0.25) is 0 Å². The summed E-state index contributed by atoms with van der Waals surface area (Å²) in [6, 6.07) is 85.0. The largest absolute Gasteiger partial charge is 0.453 e. The third-order valence-corrected chi connectivity index (χ3v) is 12.9. The highest BCUT2D eigenvalue weighted by Gasteiger charge is 2.22. The number of furan rings is 1. The second kappa shape index (κ2) is 14.5. The number of anilines is 3. The minimum Gasteiger partial charge on any atom is -0.453 e. The van der Waals surface area contributed by atoms with Crippen molar-refractivity contribution in [3.8, 4) is 33.6 Å². The molecule has 300 valence electrons. The van der Waals surface area contributed by atoms with E-state index in [-0.39, 0.29) is 0 Å². The van der Waals surface area contributed by atoms with Gasteiger partial charge in [-0.15, -0.1) is 0 Å². The highest BCUT2D eigenvalue weighted by Crippen LogP contribution is 2.44. The highest BCUT2D eigenvalue weighted by molar-refractivity contribution is 6.18. The topological polar surface area (TPSA) is 26.2 Å².